The molecule has 1 amide bonds. The van der Waals surface area contributed by atoms with Gasteiger partial charge in [0.25, 0.3) is 11.4 Å². The maximum atomic E-state index is 12.4. The molecule has 44 heavy (non-hydrogen) atoms. The summed E-state index contributed by atoms with van der Waals surface area (Å²) in [5.41, 5.74) is 0.220. The normalized spacial score (nSPS) is 10.9. The van der Waals surface area contributed by atoms with Crippen LogP contribution in [0.1, 0.15) is 103 Å². The van der Waals surface area contributed by atoms with Gasteiger partial charge in [-0.2, -0.15) is 9.83 Å². The lowest BCUT2D eigenvalue weighted by atomic mass is 10.0. The van der Waals surface area contributed by atoms with Crippen LogP contribution in [0.15, 0.2) is 42.7 Å². The summed E-state index contributed by atoms with van der Waals surface area (Å²) < 4.78 is 7.11. The highest BCUT2D eigenvalue weighted by atomic mass is 35.5. The Kier molecular flexibility index (Phi) is 17.6. The van der Waals surface area contributed by atoms with E-state index in [1.54, 1.807) is 15.7 Å². The van der Waals surface area contributed by atoms with Crippen molar-refractivity contribution in [3.05, 3.63) is 68.5 Å². The number of benzene rings is 1. The van der Waals surface area contributed by atoms with Crippen molar-refractivity contribution in [2.75, 3.05) is 13.1 Å². The predicted molar refractivity (Wildman–Crippen MR) is 164 cm³/mol. The number of carbonyl (C=O) groups excluding carboxylic acids is 1. The summed E-state index contributed by atoms with van der Waals surface area (Å²) in [6, 6.07) is 9.63. The van der Waals surface area contributed by atoms with Gasteiger partial charge >= 0.3 is 11.8 Å². The lowest BCUT2D eigenvalue weighted by Crippen LogP contribution is -3.00. The summed E-state index contributed by atoms with van der Waals surface area (Å²) in [4.78, 5) is 35.3. The first-order valence-corrected chi connectivity index (χ1v) is 15.3. The molecule has 0 saturated carbocycles. The number of rotatable bonds is 19. The second-order valence-electron chi connectivity index (χ2n) is 11.8. The van der Waals surface area contributed by atoms with Gasteiger partial charge in [0, 0.05) is 36.9 Å². The first kappa shape index (κ1) is 38.2. The van der Waals surface area contributed by atoms with Crippen molar-refractivity contribution in [1.82, 2.24) is 4.90 Å². The molecular weight excluding hydrogens is 586 g/mol. The highest BCUT2D eigenvalue weighted by Crippen LogP contribution is 2.25. The van der Waals surface area contributed by atoms with E-state index in [0.29, 0.717) is 25.2 Å². The molecule has 0 saturated heterocycles. The SMILES string of the molecule is CC(C)(C)OC(=O)N(CCC#N)CCCCCCCCCCCCCc1ccc[n+](-c2ccc([N+](=O)[O-])cc2[N+](=O)[O-])c1.[Cl-]. The number of hydrogen-bond donors (Lipinski definition) is 0. The third kappa shape index (κ3) is 14.6. The van der Waals surface area contributed by atoms with Crippen molar-refractivity contribution in [3.8, 4) is 11.8 Å². The molecule has 0 aliphatic heterocycles. The second kappa shape index (κ2) is 20.2. The van der Waals surface area contributed by atoms with Crippen molar-refractivity contribution >= 4 is 17.5 Å². The molecule has 11 nitrogen and oxygen atoms in total. The topological polar surface area (TPSA) is 143 Å². The molecule has 1 aromatic heterocycles. The van der Waals surface area contributed by atoms with Crippen LogP contribution in [0.5, 0.6) is 0 Å². The molecule has 0 aliphatic carbocycles. The number of aromatic nitrogens is 1. The van der Waals surface area contributed by atoms with Gasteiger partial charge in [0.05, 0.1) is 22.3 Å². The molecule has 0 atom stereocenters. The van der Waals surface area contributed by atoms with Crippen LogP contribution in [-0.4, -0.2) is 39.5 Å². The van der Waals surface area contributed by atoms with E-state index in [-0.39, 0.29) is 29.9 Å². The Hall–Kier alpha value is -3.78. The number of nitriles is 1. The molecular formula is C32H46ClN5O6. The first-order valence-electron chi connectivity index (χ1n) is 15.3. The molecule has 12 heteroatoms. The van der Waals surface area contributed by atoms with Gasteiger partial charge in [-0.25, -0.2) is 4.79 Å². The fourth-order valence-electron chi connectivity index (χ4n) is 4.84. The molecule has 0 radical (unpaired) electrons. The number of ether oxygens (including phenoxy) is 1. The Labute approximate surface area is 266 Å². The number of nitro groups is 2. The minimum absolute atomic E-state index is 0. The molecule has 0 bridgehead atoms. The quantitative estimate of drug-likeness (QED) is 0.0940. The third-order valence-corrected chi connectivity index (χ3v) is 7.05. The summed E-state index contributed by atoms with van der Waals surface area (Å²) in [6.45, 7) is 6.56. The van der Waals surface area contributed by atoms with Gasteiger partial charge in [0.15, 0.2) is 12.4 Å². The maximum Gasteiger partial charge on any atom is 0.410 e. The Morgan fingerprint density at radius 1 is 0.909 bits per heavy atom. The van der Waals surface area contributed by atoms with Crippen LogP contribution in [0, 0.1) is 31.6 Å². The monoisotopic (exact) mass is 631 g/mol. The highest BCUT2D eigenvalue weighted by molar-refractivity contribution is 5.68. The van der Waals surface area contributed by atoms with Gasteiger partial charge in [-0.05, 0) is 46.1 Å². The number of nitro benzene ring substituents is 2. The predicted octanol–water partition coefficient (Wildman–Crippen LogP) is 4.77. The Morgan fingerprint density at radius 2 is 1.50 bits per heavy atom. The number of unbranched alkanes of at least 4 members (excludes halogenated alkanes) is 10. The van der Waals surface area contributed by atoms with Crippen LogP contribution in [0.4, 0.5) is 16.2 Å². The standard InChI is InChI=1S/C32H46N5O6.ClH/c1-32(2,3)43-31(38)34(24-16-21-33)22-14-12-10-8-6-4-5-7-9-11-13-17-27-18-15-23-35(26-27)29-20-19-28(36(39)40)25-30(29)37(41)42;/h15,18-20,23,25-26H,4-14,16-17,22,24H2,1-3H3;1H/q+1;/p-1. The molecule has 0 aliphatic rings. The molecule has 0 spiro atoms. The number of pyridine rings is 1. The van der Waals surface area contributed by atoms with Gasteiger partial charge < -0.3 is 22.0 Å². The number of halogens is 1. The van der Waals surface area contributed by atoms with Crippen molar-refractivity contribution in [2.24, 2.45) is 0 Å². The van der Waals surface area contributed by atoms with Gasteiger partial charge in [0.1, 0.15) is 11.7 Å². The van der Waals surface area contributed by atoms with Crippen molar-refractivity contribution in [3.63, 3.8) is 0 Å². The molecule has 0 unspecified atom stereocenters. The number of hydrogen-bond acceptors (Lipinski definition) is 7. The highest BCUT2D eigenvalue weighted by Gasteiger charge is 2.26. The number of aryl methyl sites for hydroxylation is 1. The van der Waals surface area contributed by atoms with E-state index >= 15 is 0 Å². The van der Waals surface area contributed by atoms with E-state index in [4.69, 9.17) is 10.00 Å². The summed E-state index contributed by atoms with van der Waals surface area (Å²) in [6.07, 6.45) is 16.9. The van der Waals surface area contributed by atoms with E-state index in [9.17, 15) is 25.0 Å². The van der Waals surface area contributed by atoms with Gasteiger partial charge in [-0.15, -0.1) is 0 Å². The van der Waals surface area contributed by atoms with Gasteiger partial charge in [0.2, 0.25) is 0 Å². The summed E-state index contributed by atoms with van der Waals surface area (Å²) >= 11 is 0. The molecule has 0 N–H and O–H groups in total. The van der Waals surface area contributed by atoms with E-state index in [2.05, 4.69) is 6.07 Å². The third-order valence-electron chi connectivity index (χ3n) is 7.05. The Morgan fingerprint density at radius 3 is 2.05 bits per heavy atom. The number of non-ortho nitro benzene ring substituents is 1. The summed E-state index contributed by atoms with van der Waals surface area (Å²) in [5.74, 6) is 0. The van der Waals surface area contributed by atoms with Crippen molar-refractivity contribution < 1.29 is 36.4 Å². The zero-order chi connectivity index (χ0) is 31.7. The zero-order valence-electron chi connectivity index (χ0n) is 26.2. The minimum Gasteiger partial charge on any atom is -1.00 e. The van der Waals surface area contributed by atoms with Gasteiger partial charge in [-0.1, -0.05) is 57.8 Å². The molecule has 1 aromatic carbocycles. The fraction of sp³-hybridized carbons (Fsp3) is 0.594. The lowest BCUT2D eigenvalue weighted by molar-refractivity contribution is -0.601. The van der Waals surface area contributed by atoms with E-state index in [1.807, 2.05) is 39.1 Å². The zero-order valence-corrected chi connectivity index (χ0v) is 27.0. The molecule has 242 valence electrons. The van der Waals surface area contributed by atoms with Crippen LogP contribution < -0.4 is 17.0 Å². The largest absolute Gasteiger partial charge is 1.00 e. The number of amides is 1. The maximum absolute atomic E-state index is 12.4. The fourth-order valence-corrected chi connectivity index (χ4v) is 4.84. The van der Waals surface area contributed by atoms with Crippen molar-refractivity contribution in [2.45, 2.75) is 110 Å². The Bertz CT molecular complexity index is 1240. The first-order chi connectivity index (χ1) is 20.5. The Balaban J connectivity index is 0.00000968. The molecule has 2 aromatic rings. The molecule has 0 fully saturated rings. The second-order valence-corrected chi connectivity index (χ2v) is 11.8. The van der Waals surface area contributed by atoms with Crippen LogP contribution in [0.3, 0.4) is 0 Å². The van der Waals surface area contributed by atoms with Crippen LogP contribution in [-0.2, 0) is 11.2 Å². The molecule has 1 heterocycles. The average molecular weight is 632 g/mol. The van der Waals surface area contributed by atoms with Crippen LogP contribution in [0.25, 0.3) is 5.69 Å². The van der Waals surface area contributed by atoms with Crippen LogP contribution >= 0.6 is 0 Å². The summed E-state index contributed by atoms with van der Waals surface area (Å²) in [7, 11) is 0. The molecule has 2 rings (SSSR count). The minimum atomic E-state index is -0.634. The van der Waals surface area contributed by atoms with E-state index in [0.717, 1.165) is 50.2 Å². The average Bonchev–Trinajstić information content (AvgIpc) is 2.95. The smallest absolute Gasteiger partial charge is 0.410 e. The summed E-state index contributed by atoms with van der Waals surface area (Å²) in [5, 5.41) is 31.4. The lowest BCUT2D eigenvalue weighted by Gasteiger charge is -2.27. The van der Waals surface area contributed by atoms with Crippen LogP contribution in [0.2, 0.25) is 0 Å². The number of carbonyl (C=O) groups is 1. The van der Waals surface area contributed by atoms with Crippen molar-refractivity contribution in [1.29, 1.82) is 5.26 Å². The van der Waals surface area contributed by atoms with Gasteiger partial charge in [-0.3, -0.25) is 20.2 Å². The van der Waals surface area contributed by atoms with E-state index < -0.39 is 15.4 Å². The number of nitrogens with zero attached hydrogens (tertiary/aromatic N) is 5. The van der Waals surface area contributed by atoms with E-state index in [1.165, 1.54) is 50.7 Å².